The van der Waals surface area contributed by atoms with Gasteiger partial charge in [-0.25, -0.2) is 9.59 Å². The third-order valence-electron chi connectivity index (χ3n) is 4.26. The van der Waals surface area contributed by atoms with Crippen molar-refractivity contribution in [3.63, 3.8) is 0 Å². The molecule has 0 bridgehead atoms. The van der Waals surface area contributed by atoms with Crippen LogP contribution in [0.15, 0.2) is 12.1 Å². The fourth-order valence-corrected chi connectivity index (χ4v) is 2.87. The molecular formula is C17H18O12. The first-order valence-electron chi connectivity index (χ1n) is 8.25. The average Bonchev–Trinajstić information content (AvgIpc) is 3.14. The molecule has 2 aliphatic rings. The molecular weight excluding hydrogens is 396 g/mol. The number of aliphatic hydroxyl groups is 3. The zero-order chi connectivity index (χ0) is 21.3. The molecule has 2 aliphatic heterocycles. The molecule has 0 aliphatic carbocycles. The number of rotatable bonds is 6. The lowest BCUT2D eigenvalue weighted by Crippen LogP contribution is -2.61. The van der Waals surface area contributed by atoms with Crippen molar-refractivity contribution < 1.29 is 58.8 Å². The molecule has 29 heavy (non-hydrogen) atoms. The van der Waals surface area contributed by atoms with E-state index in [-0.39, 0.29) is 35.4 Å². The smallest absolute Gasteiger partial charge is 0.335 e. The Labute approximate surface area is 163 Å². The number of ether oxygens (including phenoxy) is 5. The van der Waals surface area contributed by atoms with E-state index in [4.69, 9.17) is 33.9 Å². The van der Waals surface area contributed by atoms with Crippen LogP contribution >= 0.6 is 0 Å². The van der Waals surface area contributed by atoms with Gasteiger partial charge in [0.25, 0.3) is 0 Å². The summed E-state index contributed by atoms with van der Waals surface area (Å²) in [5.74, 6) is -2.66. The van der Waals surface area contributed by atoms with Gasteiger partial charge in [0.05, 0.1) is 7.11 Å². The first-order valence-corrected chi connectivity index (χ1v) is 8.25. The Balaban J connectivity index is 2.02. The minimum Gasteiger partial charge on any atom is -0.490 e. The van der Waals surface area contributed by atoms with Crippen molar-refractivity contribution in [1.29, 1.82) is 0 Å². The van der Waals surface area contributed by atoms with E-state index in [1.54, 1.807) is 0 Å². The van der Waals surface area contributed by atoms with Gasteiger partial charge in [-0.3, -0.25) is 0 Å². The monoisotopic (exact) mass is 414 g/mol. The van der Waals surface area contributed by atoms with Crippen LogP contribution in [0.2, 0.25) is 0 Å². The van der Waals surface area contributed by atoms with Gasteiger partial charge < -0.3 is 49.2 Å². The highest BCUT2D eigenvalue weighted by atomic mass is 16.7. The number of carbonyl (C=O) groups is 2. The van der Waals surface area contributed by atoms with Gasteiger partial charge in [0.15, 0.2) is 17.6 Å². The number of fused-ring (bicyclic) bond motifs is 1. The van der Waals surface area contributed by atoms with Crippen molar-refractivity contribution >= 4 is 18.0 Å². The number of methoxy groups -OCH3 is 1. The van der Waals surface area contributed by atoms with Crippen LogP contribution < -0.4 is 18.9 Å². The van der Waals surface area contributed by atoms with Crippen molar-refractivity contribution in [3.05, 3.63) is 17.7 Å². The summed E-state index contributed by atoms with van der Waals surface area (Å²) in [4.78, 5) is 22.2. The Morgan fingerprint density at radius 2 is 1.83 bits per heavy atom. The average molecular weight is 414 g/mol. The summed E-state index contributed by atoms with van der Waals surface area (Å²) < 4.78 is 26.5. The van der Waals surface area contributed by atoms with Crippen LogP contribution in [0.3, 0.4) is 0 Å². The molecule has 5 atom stereocenters. The Bertz CT molecular complexity index is 834. The lowest BCUT2D eigenvalue weighted by atomic mass is 9.99. The van der Waals surface area contributed by atoms with Gasteiger partial charge >= 0.3 is 11.9 Å². The standard InChI is InChI=1S/C17H18O12/c1-25-15-12(6(2-3-8(18)19)4-7-13(15)27-5-26-7)28-17-11(22)9(20)10(21)14(29-17)16(23)24/h2-4,9-11,14,17,20-22H,5H2,1H3,(H,18,19)(H,23,24)/b3-2+. The summed E-state index contributed by atoms with van der Waals surface area (Å²) in [6, 6.07) is 1.38. The number of carboxylic acid groups (broad SMARTS) is 2. The van der Waals surface area contributed by atoms with Gasteiger partial charge in [0, 0.05) is 11.6 Å². The molecule has 0 radical (unpaired) electrons. The molecule has 158 valence electrons. The molecule has 5 unspecified atom stereocenters. The number of benzene rings is 1. The van der Waals surface area contributed by atoms with Crippen LogP contribution in [-0.2, 0) is 14.3 Å². The highest BCUT2D eigenvalue weighted by Gasteiger charge is 2.48. The molecule has 1 fully saturated rings. The minimum atomic E-state index is -1.90. The largest absolute Gasteiger partial charge is 0.490 e. The quantitative estimate of drug-likeness (QED) is 0.351. The van der Waals surface area contributed by atoms with Gasteiger partial charge in [-0.1, -0.05) is 0 Å². The molecule has 12 heteroatoms. The van der Waals surface area contributed by atoms with Crippen molar-refractivity contribution in [2.75, 3.05) is 13.9 Å². The Morgan fingerprint density at radius 3 is 2.45 bits per heavy atom. The number of aliphatic carboxylic acids is 2. The van der Waals surface area contributed by atoms with Gasteiger partial charge in [0.1, 0.15) is 18.3 Å². The fourth-order valence-electron chi connectivity index (χ4n) is 2.87. The second-order valence-corrected chi connectivity index (χ2v) is 6.09. The van der Waals surface area contributed by atoms with Gasteiger partial charge in [-0.15, -0.1) is 0 Å². The maximum atomic E-state index is 11.3. The first-order chi connectivity index (χ1) is 13.7. The Morgan fingerprint density at radius 1 is 1.10 bits per heavy atom. The van der Waals surface area contributed by atoms with Crippen molar-refractivity contribution in [3.8, 4) is 23.0 Å². The van der Waals surface area contributed by atoms with Crippen LogP contribution in [-0.4, -0.2) is 82.1 Å². The molecule has 3 rings (SSSR count). The molecule has 0 aromatic heterocycles. The van der Waals surface area contributed by atoms with Crippen molar-refractivity contribution in [2.45, 2.75) is 30.7 Å². The second-order valence-electron chi connectivity index (χ2n) is 6.09. The van der Waals surface area contributed by atoms with Crippen LogP contribution in [0.1, 0.15) is 5.56 Å². The molecule has 12 nitrogen and oxygen atoms in total. The maximum Gasteiger partial charge on any atom is 0.335 e. The number of carboxylic acids is 2. The molecule has 0 saturated carbocycles. The summed E-state index contributed by atoms with van der Waals surface area (Å²) in [6.45, 7) is -0.133. The second kappa shape index (κ2) is 8.13. The highest BCUT2D eigenvalue weighted by Crippen LogP contribution is 2.50. The minimum absolute atomic E-state index is 0.0340. The van der Waals surface area contributed by atoms with Crippen LogP contribution in [0.25, 0.3) is 6.08 Å². The Hall–Kier alpha value is -3.06. The van der Waals surface area contributed by atoms with Gasteiger partial charge in [-0.05, 0) is 12.1 Å². The van der Waals surface area contributed by atoms with E-state index in [0.717, 1.165) is 12.2 Å². The summed E-state index contributed by atoms with van der Waals surface area (Å²) in [5, 5.41) is 48.0. The first kappa shape index (κ1) is 20.7. The SMILES string of the molecule is COc1c(OC2OC(C(=O)O)C(O)C(O)C2O)c(/C=C/C(=O)O)cc2c1OCO2. The number of hydrogen-bond donors (Lipinski definition) is 5. The Kier molecular flexibility index (Phi) is 5.79. The van der Waals surface area contributed by atoms with Gasteiger partial charge in [0.2, 0.25) is 24.6 Å². The predicted molar refractivity (Wildman–Crippen MR) is 90.7 cm³/mol. The lowest BCUT2D eigenvalue weighted by Gasteiger charge is -2.38. The van der Waals surface area contributed by atoms with Crippen LogP contribution in [0.5, 0.6) is 23.0 Å². The molecule has 2 heterocycles. The predicted octanol–water partition coefficient (Wildman–Crippen LogP) is -1.21. The van der Waals surface area contributed by atoms with Crippen LogP contribution in [0, 0.1) is 0 Å². The van der Waals surface area contributed by atoms with E-state index in [2.05, 4.69) is 0 Å². The molecule has 0 amide bonds. The van der Waals surface area contributed by atoms with Crippen molar-refractivity contribution in [2.24, 2.45) is 0 Å². The van der Waals surface area contributed by atoms with E-state index in [1.165, 1.54) is 13.2 Å². The highest BCUT2D eigenvalue weighted by molar-refractivity contribution is 5.87. The van der Waals surface area contributed by atoms with E-state index < -0.39 is 42.6 Å². The third-order valence-corrected chi connectivity index (χ3v) is 4.26. The molecule has 1 aromatic carbocycles. The molecule has 1 saturated heterocycles. The number of aliphatic hydroxyl groups excluding tert-OH is 3. The van der Waals surface area contributed by atoms with E-state index in [1.807, 2.05) is 0 Å². The third kappa shape index (κ3) is 3.91. The fraction of sp³-hybridized carbons (Fsp3) is 0.412. The van der Waals surface area contributed by atoms with Crippen LogP contribution in [0.4, 0.5) is 0 Å². The zero-order valence-corrected chi connectivity index (χ0v) is 14.9. The number of hydrogen-bond acceptors (Lipinski definition) is 10. The topological polar surface area (TPSA) is 181 Å². The van der Waals surface area contributed by atoms with E-state index in [9.17, 15) is 24.9 Å². The summed E-state index contributed by atoms with van der Waals surface area (Å²) in [6.07, 6.45) is -7.26. The zero-order valence-electron chi connectivity index (χ0n) is 14.9. The molecule has 0 spiro atoms. The molecule has 5 N–H and O–H groups in total. The van der Waals surface area contributed by atoms with E-state index in [0.29, 0.717) is 0 Å². The summed E-state index contributed by atoms with van der Waals surface area (Å²) in [5.41, 5.74) is 0.122. The summed E-state index contributed by atoms with van der Waals surface area (Å²) in [7, 11) is 1.27. The van der Waals surface area contributed by atoms with E-state index >= 15 is 0 Å². The molecule has 1 aromatic rings. The maximum absolute atomic E-state index is 11.3. The lowest BCUT2D eigenvalue weighted by molar-refractivity contribution is -0.271. The summed E-state index contributed by atoms with van der Waals surface area (Å²) >= 11 is 0. The normalized spacial score (nSPS) is 28.3. The van der Waals surface area contributed by atoms with Gasteiger partial charge in [-0.2, -0.15) is 0 Å². The van der Waals surface area contributed by atoms with Crippen molar-refractivity contribution in [1.82, 2.24) is 0 Å².